The van der Waals surface area contributed by atoms with E-state index in [0.29, 0.717) is 6.42 Å². The molecule has 1 amide bonds. The number of benzene rings is 1. The Bertz CT molecular complexity index is 457. The van der Waals surface area contributed by atoms with Crippen LogP contribution in [0.2, 0.25) is 0 Å². The molecule has 1 aliphatic heterocycles. The summed E-state index contributed by atoms with van der Waals surface area (Å²) in [5.74, 6) is 1.88. The van der Waals surface area contributed by atoms with Gasteiger partial charge in [0.15, 0.2) is 0 Å². The van der Waals surface area contributed by atoms with Crippen molar-refractivity contribution < 1.29 is 9.53 Å². The summed E-state index contributed by atoms with van der Waals surface area (Å²) >= 11 is 0. The van der Waals surface area contributed by atoms with Gasteiger partial charge in [0, 0.05) is 19.5 Å². The van der Waals surface area contributed by atoms with Crippen molar-refractivity contribution in [3.05, 3.63) is 29.8 Å². The predicted octanol–water partition coefficient (Wildman–Crippen LogP) is 2.90. The van der Waals surface area contributed by atoms with Gasteiger partial charge in [0.2, 0.25) is 5.91 Å². The number of ether oxygens (including phenoxy) is 1. The summed E-state index contributed by atoms with van der Waals surface area (Å²) in [6.07, 6.45) is 3.66. The average molecular weight is 341 g/mol. The van der Waals surface area contributed by atoms with Gasteiger partial charge in [0.05, 0.1) is 7.11 Å². The van der Waals surface area contributed by atoms with Crippen LogP contribution in [0.15, 0.2) is 24.3 Å². The zero-order chi connectivity index (χ0) is 15.8. The third kappa shape index (κ3) is 6.40. The van der Waals surface area contributed by atoms with Crippen LogP contribution in [0.3, 0.4) is 0 Å². The molecule has 0 aromatic heterocycles. The second-order valence-electron chi connectivity index (χ2n) is 5.98. The highest BCUT2D eigenvalue weighted by Crippen LogP contribution is 2.18. The van der Waals surface area contributed by atoms with E-state index in [1.807, 2.05) is 29.2 Å². The van der Waals surface area contributed by atoms with Crippen LogP contribution in [-0.4, -0.2) is 44.1 Å². The van der Waals surface area contributed by atoms with Crippen LogP contribution < -0.4 is 10.1 Å². The number of hydrogen-bond donors (Lipinski definition) is 1. The van der Waals surface area contributed by atoms with Crippen molar-refractivity contribution >= 4 is 18.3 Å². The second kappa shape index (κ2) is 10.5. The molecule has 1 heterocycles. The molecule has 5 heteroatoms. The molecule has 1 fully saturated rings. The summed E-state index contributed by atoms with van der Waals surface area (Å²) in [6, 6.07) is 7.97. The van der Waals surface area contributed by atoms with Crippen LogP contribution in [0, 0.1) is 5.92 Å². The predicted molar refractivity (Wildman–Crippen MR) is 96.4 cm³/mol. The summed E-state index contributed by atoms with van der Waals surface area (Å²) in [5, 5.41) is 3.40. The largest absolute Gasteiger partial charge is 0.497 e. The number of carbonyl (C=O) groups excluding carboxylic acids is 1. The summed E-state index contributed by atoms with van der Waals surface area (Å²) in [7, 11) is 1.66. The highest BCUT2D eigenvalue weighted by atomic mass is 35.5. The Balaban J connectivity index is 0.00000264. The van der Waals surface area contributed by atoms with Crippen molar-refractivity contribution in [2.75, 3.05) is 33.3 Å². The maximum absolute atomic E-state index is 12.3. The lowest BCUT2D eigenvalue weighted by atomic mass is 9.96. The Morgan fingerprint density at radius 2 is 1.91 bits per heavy atom. The molecule has 1 aromatic rings. The fourth-order valence-electron chi connectivity index (χ4n) is 2.94. The fraction of sp³-hybridized carbons (Fsp3) is 0.611. The van der Waals surface area contributed by atoms with Gasteiger partial charge in [-0.3, -0.25) is 4.79 Å². The Morgan fingerprint density at radius 3 is 2.48 bits per heavy atom. The summed E-state index contributed by atoms with van der Waals surface area (Å²) < 4.78 is 5.15. The van der Waals surface area contributed by atoms with E-state index in [1.54, 1.807) is 7.11 Å². The number of hydrogen-bond acceptors (Lipinski definition) is 3. The minimum absolute atomic E-state index is 0. The van der Waals surface area contributed by atoms with Gasteiger partial charge in [-0.2, -0.15) is 0 Å². The van der Waals surface area contributed by atoms with Gasteiger partial charge in [0.25, 0.3) is 0 Å². The summed E-state index contributed by atoms with van der Waals surface area (Å²) in [4.78, 5) is 14.3. The molecule has 1 N–H and O–H groups in total. The molecule has 2 rings (SSSR count). The maximum atomic E-state index is 12.3. The van der Waals surface area contributed by atoms with E-state index in [1.165, 1.54) is 5.56 Å². The molecular formula is C18H29ClN2O2. The van der Waals surface area contributed by atoms with Crippen LogP contribution in [0.5, 0.6) is 5.75 Å². The molecule has 4 nitrogen and oxygen atoms in total. The van der Waals surface area contributed by atoms with Crippen molar-refractivity contribution in [2.45, 2.75) is 32.6 Å². The smallest absolute Gasteiger partial charge is 0.222 e. The van der Waals surface area contributed by atoms with Gasteiger partial charge in [-0.25, -0.2) is 0 Å². The molecule has 130 valence electrons. The molecule has 1 saturated heterocycles. The molecule has 0 radical (unpaired) electrons. The monoisotopic (exact) mass is 340 g/mol. The third-order valence-corrected chi connectivity index (χ3v) is 4.44. The fourth-order valence-corrected chi connectivity index (χ4v) is 2.94. The molecule has 0 bridgehead atoms. The molecule has 0 spiro atoms. The van der Waals surface area contributed by atoms with E-state index in [9.17, 15) is 4.79 Å². The first kappa shape index (κ1) is 19.8. The molecule has 1 aromatic carbocycles. The molecule has 0 aliphatic carbocycles. The first-order valence-electron chi connectivity index (χ1n) is 8.34. The number of rotatable bonds is 7. The average Bonchev–Trinajstić information content (AvgIpc) is 2.58. The molecule has 1 aliphatic rings. The Kier molecular flexibility index (Phi) is 9.03. The molecule has 0 atom stereocenters. The third-order valence-electron chi connectivity index (χ3n) is 4.44. The Labute approximate surface area is 146 Å². The lowest BCUT2D eigenvalue weighted by Crippen LogP contribution is -2.40. The van der Waals surface area contributed by atoms with E-state index in [4.69, 9.17) is 4.74 Å². The zero-order valence-corrected chi connectivity index (χ0v) is 15.0. The van der Waals surface area contributed by atoms with Crippen LogP contribution in [-0.2, 0) is 11.2 Å². The van der Waals surface area contributed by atoms with Gasteiger partial charge in [0.1, 0.15) is 5.75 Å². The number of nitrogens with zero attached hydrogens (tertiary/aromatic N) is 1. The van der Waals surface area contributed by atoms with E-state index in [-0.39, 0.29) is 18.3 Å². The van der Waals surface area contributed by atoms with Crippen molar-refractivity contribution in [3.8, 4) is 5.75 Å². The lowest BCUT2D eigenvalue weighted by Gasteiger charge is -2.32. The van der Waals surface area contributed by atoms with Crippen LogP contribution in [0.4, 0.5) is 0 Å². The number of carbonyl (C=O) groups is 1. The van der Waals surface area contributed by atoms with Gasteiger partial charge in [-0.15, -0.1) is 12.4 Å². The standard InChI is InChI=1S/C18H28N2O2.ClH/c1-3-19-14-16-10-12-20(13-11-16)18(21)9-6-15-4-7-17(22-2)8-5-15;/h4-5,7-8,16,19H,3,6,9-14H2,1-2H3;1H. The van der Waals surface area contributed by atoms with Gasteiger partial charge in [-0.1, -0.05) is 19.1 Å². The number of halogens is 1. The number of piperidine rings is 1. The highest BCUT2D eigenvalue weighted by Gasteiger charge is 2.22. The van der Waals surface area contributed by atoms with Crippen LogP contribution >= 0.6 is 12.4 Å². The van der Waals surface area contributed by atoms with E-state index < -0.39 is 0 Å². The quantitative estimate of drug-likeness (QED) is 0.829. The Morgan fingerprint density at radius 1 is 1.26 bits per heavy atom. The molecule has 0 unspecified atom stereocenters. The summed E-state index contributed by atoms with van der Waals surface area (Å²) in [6.45, 7) is 6.08. The zero-order valence-electron chi connectivity index (χ0n) is 14.2. The van der Waals surface area contributed by atoms with Crippen LogP contribution in [0.1, 0.15) is 31.7 Å². The van der Waals surface area contributed by atoms with Crippen molar-refractivity contribution in [3.63, 3.8) is 0 Å². The Hall–Kier alpha value is -1.26. The number of aryl methyl sites for hydroxylation is 1. The lowest BCUT2D eigenvalue weighted by molar-refractivity contribution is -0.132. The van der Waals surface area contributed by atoms with Crippen molar-refractivity contribution in [1.82, 2.24) is 10.2 Å². The van der Waals surface area contributed by atoms with Gasteiger partial charge >= 0.3 is 0 Å². The summed E-state index contributed by atoms with van der Waals surface area (Å²) in [5.41, 5.74) is 1.19. The van der Waals surface area contributed by atoms with Gasteiger partial charge < -0.3 is 15.0 Å². The minimum Gasteiger partial charge on any atom is -0.497 e. The minimum atomic E-state index is 0. The molecule has 23 heavy (non-hydrogen) atoms. The molecule has 0 saturated carbocycles. The first-order valence-corrected chi connectivity index (χ1v) is 8.34. The first-order chi connectivity index (χ1) is 10.7. The maximum Gasteiger partial charge on any atom is 0.222 e. The number of amides is 1. The van der Waals surface area contributed by atoms with E-state index in [0.717, 1.165) is 57.1 Å². The van der Waals surface area contributed by atoms with E-state index in [2.05, 4.69) is 12.2 Å². The van der Waals surface area contributed by atoms with Gasteiger partial charge in [-0.05, 0) is 56.0 Å². The van der Waals surface area contributed by atoms with Crippen molar-refractivity contribution in [2.24, 2.45) is 5.92 Å². The van der Waals surface area contributed by atoms with E-state index >= 15 is 0 Å². The number of nitrogens with one attached hydrogen (secondary N) is 1. The van der Waals surface area contributed by atoms with Crippen molar-refractivity contribution in [1.29, 1.82) is 0 Å². The normalized spacial score (nSPS) is 15.1. The highest BCUT2D eigenvalue weighted by molar-refractivity contribution is 5.85. The van der Waals surface area contributed by atoms with Crippen LogP contribution in [0.25, 0.3) is 0 Å². The SMILES string of the molecule is CCNCC1CCN(C(=O)CCc2ccc(OC)cc2)CC1.Cl. The second-order valence-corrected chi connectivity index (χ2v) is 5.98. The molecular weight excluding hydrogens is 312 g/mol. The topological polar surface area (TPSA) is 41.6 Å². The number of methoxy groups -OCH3 is 1. The number of likely N-dealkylation sites (tertiary alicyclic amines) is 1.